The molecule has 0 saturated carbocycles. The first-order chi connectivity index (χ1) is 14.4. The van der Waals surface area contributed by atoms with Crippen molar-refractivity contribution in [1.29, 1.82) is 0 Å². The van der Waals surface area contributed by atoms with E-state index in [0.29, 0.717) is 24.3 Å². The van der Waals surface area contributed by atoms with Crippen LogP contribution in [0.15, 0.2) is 48.0 Å². The Balaban J connectivity index is 2.15. The number of hydrogen-bond donors (Lipinski definition) is 1. The number of unbranched alkanes of at least 4 members (excludes halogenated alkanes) is 2. The highest BCUT2D eigenvalue weighted by Crippen LogP contribution is 2.40. The smallest absolute Gasteiger partial charge is 0.295 e. The van der Waals surface area contributed by atoms with Crippen molar-refractivity contribution in [3.05, 3.63) is 70.5 Å². The van der Waals surface area contributed by atoms with Gasteiger partial charge in [0.05, 0.1) is 18.7 Å². The van der Waals surface area contributed by atoms with Gasteiger partial charge in [0.15, 0.2) is 0 Å². The Morgan fingerprint density at radius 1 is 1.17 bits per heavy atom. The van der Waals surface area contributed by atoms with E-state index in [9.17, 15) is 19.1 Å². The molecule has 0 spiro atoms. The molecule has 158 valence electrons. The summed E-state index contributed by atoms with van der Waals surface area (Å²) >= 11 is 0. The third-order valence-corrected chi connectivity index (χ3v) is 5.41. The Morgan fingerprint density at radius 2 is 1.90 bits per heavy atom. The summed E-state index contributed by atoms with van der Waals surface area (Å²) in [5, 5.41) is 11.0. The molecular formula is C24H26FNO4. The molecular weight excluding hydrogens is 385 g/mol. The second-order valence-corrected chi connectivity index (χ2v) is 7.41. The minimum Gasteiger partial charge on any atom is -0.507 e. The first-order valence-corrected chi connectivity index (χ1v) is 10.1. The van der Waals surface area contributed by atoms with Crippen LogP contribution in [0.1, 0.15) is 48.9 Å². The molecule has 6 heteroatoms. The van der Waals surface area contributed by atoms with E-state index in [1.165, 1.54) is 11.0 Å². The quantitative estimate of drug-likeness (QED) is 0.309. The Hall–Kier alpha value is -3.15. The van der Waals surface area contributed by atoms with Gasteiger partial charge >= 0.3 is 0 Å². The lowest BCUT2D eigenvalue weighted by Crippen LogP contribution is -2.31. The lowest BCUT2D eigenvalue weighted by atomic mass is 9.94. The third-order valence-electron chi connectivity index (χ3n) is 5.41. The number of rotatable bonds is 7. The molecule has 1 unspecified atom stereocenters. The molecule has 2 aromatic rings. The molecule has 1 fully saturated rings. The maximum Gasteiger partial charge on any atom is 0.295 e. The van der Waals surface area contributed by atoms with Crippen LogP contribution in [0.4, 0.5) is 4.39 Å². The van der Waals surface area contributed by atoms with Crippen LogP contribution in [0.3, 0.4) is 0 Å². The molecule has 30 heavy (non-hydrogen) atoms. The average Bonchev–Trinajstić information content (AvgIpc) is 2.98. The minimum atomic E-state index is -0.967. The van der Waals surface area contributed by atoms with Gasteiger partial charge in [0, 0.05) is 17.7 Å². The van der Waals surface area contributed by atoms with E-state index >= 15 is 0 Å². The number of Topliss-reactive ketones (excluding diaryl/α,β-unsaturated/α-hetero) is 1. The van der Waals surface area contributed by atoms with Gasteiger partial charge < -0.3 is 14.7 Å². The van der Waals surface area contributed by atoms with Gasteiger partial charge in [-0.25, -0.2) is 4.39 Å². The number of likely N-dealkylation sites (tertiary alicyclic amines) is 1. The number of ketones is 1. The summed E-state index contributed by atoms with van der Waals surface area (Å²) < 4.78 is 19.9. The van der Waals surface area contributed by atoms with E-state index in [4.69, 9.17) is 4.74 Å². The molecule has 1 amide bonds. The molecule has 3 rings (SSSR count). The number of aliphatic hydroxyl groups is 1. The summed E-state index contributed by atoms with van der Waals surface area (Å²) in [6.07, 6.45) is 2.51. The summed E-state index contributed by atoms with van der Waals surface area (Å²) in [5.74, 6) is -1.72. The highest BCUT2D eigenvalue weighted by molar-refractivity contribution is 6.46. The summed E-state index contributed by atoms with van der Waals surface area (Å²) in [4.78, 5) is 27.1. The van der Waals surface area contributed by atoms with Gasteiger partial charge in [0.1, 0.15) is 17.3 Å². The van der Waals surface area contributed by atoms with Gasteiger partial charge in [-0.2, -0.15) is 0 Å². The van der Waals surface area contributed by atoms with Crippen LogP contribution < -0.4 is 4.74 Å². The van der Waals surface area contributed by atoms with Gasteiger partial charge in [0.2, 0.25) is 0 Å². The average molecular weight is 411 g/mol. The Morgan fingerprint density at radius 3 is 2.53 bits per heavy atom. The first-order valence-electron chi connectivity index (χ1n) is 10.1. The van der Waals surface area contributed by atoms with Crippen molar-refractivity contribution in [1.82, 2.24) is 4.90 Å². The number of carbonyl (C=O) groups is 2. The molecule has 1 aliphatic heterocycles. The number of hydrogen-bond acceptors (Lipinski definition) is 4. The fourth-order valence-electron chi connectivity index (χ4n) is 3.84. The summed E-state index contributed by atoms with van der Waals surface area (Å²) in [6, 6.07) is 10.0. The molecule has 0 bridgehead atoms. The number of benzene rings is 2. The van der Waals surface area contributed by atoms with Crippen molar-refractivity contribution in [3.8, 4) is 5.75 Å². The molecule has 1 atom stereocenters. The lowest BCUT2D eigenvalue weighted by molar-refractivity contribution is -0.139. The van der Waals surface area contributed by atoms with Crippen LogP contribution in [0.5, 0.6) is 5.75 Å². The largest absolute Gasteiger partial charge is 0.507 e. The maximum absolute atomic E-state index is 14.7. The number of halogens is 1. The van der Waals surface area contributed by atoms with Crippen LogP contribution in [-0.2, 0) is 9.59 Å². The van der Waals surface area contributed by atoms with Crippen LogP contribution in [0.2, 0.25) is 0 Å². The molecule has 2 aromatic carbocycles. The predicted octanol–water partition coefficient (Wildman–Crippen LogP) is 4.75. The lowest BCUT2D eigenvalue weighted by Gasteiger charge is -2.25. The SMILES string of the molecule is CCCCCN1C(=O)C(=O)/C(=C(/O)c2ccc(OC)c(C)c2)C1c1ccccc1F. The Bertz CT molecular complexity index is 998. The van der Waals surface area contributed by atoms with Crippen molar-refractivity contribution < 1.29 is 23.8 Å². The van der Waals surface area contributed by atoms with Crippen molar-refractivity contribution in [2.45, 2.75) is 39.2 Å². The van der Waals surface area contributed by atoms with E-state index in [-0.39, 0.29) is 16.9 Å². The third kappa shape index (κ3) is 3.95. The van der Waals surface area contributed by atoms with Crippen molar-refractivity contribution in [2.75, 3.05) is 13.7 Å². The van der Waals surface area contributed by atoms with Gasteiger partial charge in [0.25, 0.3) is 11.7 Å². The second kappa shape index (κ2) is 9.11. The molecule has 1 saturated heterocycles. The highest BCUT2D eigenvalue weighted by atomic mass is 19.1. The zero-order valence-corrected chi connectivity index (χ0v) is 17.4. The Labute approximate surface area is 175 Å². The molecule has 0 aliphatic carbocycles. The monoisotopic (exact) mass is 411 g/mol. The zero-order valence-electron chi connectivity index (χ0n) is 17.4. The molecule has 0 aromatic heterocycles. The van der Waals surface area contributed by atoms with Gasteiger partial charge in [-0.3, -0.25) is 9.59 Å². The van der Waals surface area contributed by atoms with Crippen LogP contribution in [0.25, 0.3) is 5.76 Å². The summed E-state index contributed by atoms with van der Waals surface area (Å²) in [5.41, 5.74) is 1.24. The second-order valence-electron chi connectivity index (χ2n) is 7.41. The van der Waals surface area contributed by atoms with Crippen LogP contribution in [0, 0.1) is 12.7 Å². The number of carbonyl (C=O) groups excluding carboxylic acids is 2. The maximum atomic E-state index is 14.7. The molecule has 1 aliphatic rings. The highest BCUT2D eigenvalue weighted by Gasteiger charge is 2.46. The molecule has 0 radical (unpaired) electrons. The number of nitrogens with zero attached hydrogens (tertiary/aromatic N) is 1. The standard InChI is InChI=1S/C24H26FNO4/c1-4-5-8-13-26-21(17-9-6-7-10-18(17)25)20(23(28)24(26)29)22(27)16-11-12-19(30-3)15(2)14-16/h6-7,9-12,14,21,27H,4-5,8,13H2,1-3H3/b22-20+. The minimum absolute atomic E-state index is 0.0915. The van der Waals surface area contributed by atoms with E-state index in [0.717, 1.165) is 18.4 Å². The van der Waals surface area contributed by atoms with E-state index in [2.05, 4.69) is 0 Å². The Kier molecular flexibility index (Phi) is 6.55. The molecule has 1 N–H and O–H groups in total. The summed E-state index contributed by atoms with van der Waals surface area (Å²) in [7, 11) is 1.54. The first kappa shape index (κ1) is 21.6. The number of ether oxygens (including phenoxy) is 1. The molecule has 5 nitrogen and oxygen atoms in total. The summed E-state index contributed by atoms with van der Waals surface area (Å²) in [6.45, 7) is 4.16. The van der Waals surface area contributed by atoms with Gasteiger partial charge in [-0.1, -0.05) is 38.0 Å². The van der Waals surface area contributed by atoms with Crippen molar-refractivity contribution in [2.24, 2.45) is 0 Å². The van der Waals surface area contributed by atoms with E-state index in [1.54, 1.807) is 43.5 Å². The molecule has 1 heterocycles. The zero-order chi connectivity index (χ0) is 21.8. The van der Waals surface area contributed by atoms with Crippen LogP contribution in [-0.4, -0.2) is 35.4 Å². The van der Waals surface area contributed by atoms with Crippen molar-refractivity contribution >= 4 is 17.4 Å². The predicted molar refractivity (Wildman–Crippen MR) is 113 cm³/mol. The van der Waals surface area contributed by atoms with Crippen molar-refractivity contribution in [3.63, 3.8) is 0 Å². The van der Waals surface area contributed by atoms with Gasteiger partial charge in [-0.05, 0) is 43.2 Å². The van der Waals surface area contributed by atoms with E-state index < -0.39 is 23.5 Å². The topological polar surface area (TPSA) is 66.8 Å². The fourth-order valence-corrected chi connectivity index (χ4v) is 3.84. The number of amides is 1. The van der Waals surface area contributed by atoms with E-state index in [1.807, 2.05) is 13.8 Å². The number of aliphatic hydroxyl groups excluding tert-OH is 1. The number of aryl methyl sites for hydroxylation is 1. The normalized spacial score (nSPS) is 18.1. The fraction of sp³-hybridized carbons (Fsp3) is 0.333. The number of methoxy groups -OCH3 is 1. The van der Waals surface area contributed by atoms with Crippen LogP contribution >= 0.6 is 0 Å². The van der Waals surface area contributed by atoms with Gasteiger partial charge in [-0.15, -0.1) is 0 Å².